The van der Waals surface area contributed by atoms with Crippen LogP contribution in [0.25, 0.3) is 0 Å². The molecule has 0 N–H and O–H groups in total. The number of hydrogen-bond acceptors (Lipinski definition) is 3. The van der Waals surface area contributed by atoms with Crippen LogP contribution in [0.5, 0.6) is 11.5 Å². The zero-order chi connectivity index (χ0) is 11.8. The third-order valence-corrected chi connectivity index (χ3v) is 3.74. The number of fused-ring (bicyclic) bond motifs is 1. The first kappa shape index (κ1) is 10.6. The van der Waals surface area contributed by atoms with Gasteiger partial charge in [0, 0.05) is 12.8 Å². The number of benzene rings is 1. The highest BCUT2D eigenvalue weighted by Gasteiger charge is 2.24. The minimum Gasteiger partial charge on any atom is -0.454 e. The fraction of sp³-hybridized carbons (Fsp3) is 0.500. The van der Waals surface area contributed by atoms with Gasteiger partial charge in [-0.1, -0.05) is 0 Å². The van der Waals surface area contributed by atoms with E-state index in [4.69, 9.17) is 9.47 Å². The molecule has 0 bridgehead atoms. The molecule has 0 unspecified atom stereocenters. The SMILES string of the molecule is Cc1cc2c(cc1C1CCC(=O)CC1)OCO2. The molecule has 1 fully saturated rings. The molecular formula is C14H16O3. The fourth-order valence-electron chi connectivity index (χ4n) is 2.75. The largest absolute Gasteiger partial charge is 0.454 e. The van der Waals surface area contributed by atoms with Crippen molar-refractivity contribution in [2.45, 2.75) is 38.5 Å². The molecule has 0 spiro atoms. The topological polar surface area (TPSA) is 35.5 Å². The van der Waals surface area contributed by atoms with Gasteiger partial charge in [-0.2, -0.15) is 0 Å². The average Bonchev–Trinajstić information content (AvgIpc) is 2.76. The van der Waals surface area contributed by atoms with Gasteiger partial charge in [-0.3, -0.25) is 4.79 Å². The second-order valence-corrected chi connectivity index (χ2v) is 4.88. The Bertz CT molecular complexity index is 455. The average molecular weight is 232 g/mol. The van der Waals surface area contributed by atoms with Crippen LogP contribution in [0.3, 0.4) is 0 Å². The summed E-state index contributed by atoms with van der Waals surface area (Å²) in [6.45, 7) is 2.43. The van der Waals surface area contributed by atoms with Crippen LogP contribution >= 0.6 is 0 Å². The summed E-state index contributed by atoms with van der Waals surface area (Å²) in [5, 5.41) is 0. The predicted octanol–water partition coefficient (Wildman–Crippen LogP) is 2.95. The van der Waals surface area contributed by atoms with Crippen LogP contribution in [0.4, 0.5) is 0 Å². The molecule has 1 aromatic rings. The Morgan fingerprint density at radius 2 is 1.76 bits per heavy atom. The van der Waals surface area contributed by atoms with Gasteiger partial charge in [0.1, 0.15) is 5.78 Å². The molecule has 0 saturated heterocycles. The van der Waals surface area contributed by atoms with E-state index >= 15 is 0 Å². The zero-order valence-corrected chi connectivity index (χ0v) is 9.99. The lowest BCUT2D eigenvalue weighted by Crippen LogP contribution is -2.13. The van der Waals surface area contributed by atoms with Crippen molar-refractivity contribution in [3.8, 4) is 11.5 Å². The number of Topliss-reactive ketones (excluding diaryl/α,β-unsaturated/α-hetero) is 1. The highest BCUT2D eigenvalue weighted by Crippen LogP contribution is 2.40. The Morgan fingerprint density at radius 3 is 2.47 bits per heavy atom. The monoisotopic (exact) mass is 232 g/mol. The molecule has 3 heteroatoms. The molecule has 0 atom stereocenters. The van der Waals surface area contributed by atoms with Crippen molar-refractivity contribution in [3.05, 3.63) is 23.3 Å². The van der Waals surface area contributed by atoms with Crippen molar-refractivity contribution in [1.29, 1.82) is 0 Å². The van der Waals surface area contributed by atoms with E-state index in [2.05, 4.69) is 13.0 Å². The lowest BCUT2D eigenvalue weighted by atomic mass is 9.81. The van der Waals surface area contributed by atoms with Gasteiger partial charge in [-0.25, -0.2) is 0 Å². The Morgan fingerprint density at radius 1 is 1.12 bits per heavy atom. The third-order valence-electron chi connectivity index (χ3n) is 3.74. The summed E-state index contributed by atoms with van der Waals surface area (Å²) in [6, 6.07) is 4.15. The van der Waals surface area contributed by atoms with Crippen LogP contribution in [-0.4, -0.2) is 12.6 Å². The van der Waals surface area contributed by atoms with Gasteiger partial charge in [0.15, 0.2) is 11.5 Å². The molecule has 3 rings (SSSR count). The van der Waals surface area contributed by atoms with E-state index in [0.29, 0.717) is 18.5 Å². The molecule has 1 saturated carbocycles. The van der Waals surface area contributed by atoms with E-state index in [1.165, 1.54) is 11.1 Å². The van der Waals surface area contributed by atoms with Crippen molar-refractivity contribution in [2.75, 3.05) is 6.79 Å². The van der Waals surface area contributed by atoms with Crippen molar-refractivity contribution < 1.29 is 14.3 Å². The van der Waals surface area contributed by atoms with Gasteiger partial charge in [0.25, 0.3) is 0 Å². The molecule has 0 amide bonds. The van der Waals surface area contributed by atoms with Crippen LogP contribution < -0.4 is 9.47 Å². The molecule has 0 radical (unpaired) electrons. The van der Waals surface area contributed by atoms with Crippen LogP contribution in [-0.2, 0) is 4.79 Å². The molecule has 0 aromatic heterocycles. The molecular weight excluding hydrogens is 216 g/mol. The van der Waals surface area contributed by atoms with E-state index in [1.54, 1.807) is 0 Å². The maximum Gasteiger partial charge on any atom is 0.231 e. The first-order valence-electron chi connectivity index (χ1n) is 6.16. The molecule has 17 heavy (non-hydrogen) atoms. The standard InChI is InChI=1S/C14H16O3/c1-9-6-13-14(17-8-16-13)7-12(9)10-2-4-11(15)5-3-10/h6-7,10H,2-5,8H2,1H3. The maximum atomic E-state index is 11.3. The van der Waals surface area contributed by atoms with Crippen molar-refractivity contribution in [3.63, 3.8) is 0 Å². The number of ketones is 1. The van der Waals surface area contributed by atoms with Crippen molar-refractivity contribution in [1.82, 2.24) is 0 Å². The Labute approximate surface area is 101 Å². The van der Waals surface area contributed by atoms with Gasteiger partial charge in [-0.15, -0.1) is 0 Å². The van der Waals surface area contributed by atoms with Gasteiger partial charge >= 0.3 is 0 Å². The highest BCUT2D eigenvalue weighted by atomic mass is 16.7. The Kier molecular flexibility index (Phi) is 2.54. The fourth-order valence-corrected chi connectivity index (χ4v) is 2.75. The van der Waals surface area contributed by atoms with E-state index in [9.17, 15) is 4.79 Å². The van der Waals surface area contributed by atoms with E-state index in [0.717, 1.165) is 37.2 Å². The Hall–Kier alpha value is -1.51. The van der Waals surface area contributed by atoms with Crippen molar-refractivity contribution in [2.24, 2.45) is 0 Å². The number of rotatable bonds is 1. The number of hydrogen-bond donors (Lipinski definition) is 0. The van der Waals surface area contributed by atoms with E-state index in [-0.39, 0.29) is 0 Å². The van der Waals surface area contributed by atoms with Crippen LogP contribution in [0.2, 0.25) is 0 Å². The van der Waals surface area contributed by atoms with Crippen LogP contribution in [0.1, 0.15) is 42.7 Å². The molecule has 1 heterocycles. The number of carbonyl (C=O) groups excluding carboxylic acids is 1. The number of carbonyl (C=O) groups is 1. The summed E-state index contributed by atoms with van der Waals surface area (Å²) in [5.74, 6) is 2.60. The van der Waals surface area contributed by atoms with Gasteiger partial charge in [-0.05, 0) is 48.9 Å². The van der Waals surface area contributed by atoms with Gasteiger partial charge in [0.05, 0.1) is 0 Å². The van der Waals surface area contributed by atoms with Crippen molar-refractivity contribution >= 4 is 5.78 Å². The first-order chi connectivity index (χ1) is 8.24. The third kappa shape index (κ3) is 1.90. The maximum absolute atomic E-state index is 11.3. The molecule has 2 aliphatic rings. The minimum absolute atomic E-state index is 0.321. The lowest BCUT2D eigenvalue weighted by molar-refractivity contribution is -0.120. The number of aryl methyl sites for hydroxylation is 1. The molecule has 3 nitrogen and oxygen atoms in total. The zero-order valence-electron chi connectivity index (χ0n) is 9.99. The number of ether oxygens (including phenoxy) is 2. The second-order valence-electron chi connectivity index (χ2n) is 4.88. The minimum atomic E-state index is 0.321. The van der Waals surface area contributed by atoms with Gasteiger partial charge in [0.2, 0.25) is 6.79 Å². The first-order valence-corrected chi connectivity index (χ1v) is 6.16. The van der Waals surface area contributed by atoms with E-state index < -0.39 is 0 Å². The van der Waals surface area contributed by atoms with Crippen LogP contribution in [0, 0.1) is 6.92 Å². The summed E-state index contributed by atoms with van der Waals surface area (Å²) in [7, 11) is 0. The summed E-state index contributed by atoms with van der Waals surface area (Å²) in [4.78, 5) is 11.3. The molecule has 1 aliphatic heterocycles. The predicted molar refractivity (Wildman–Crippen MR) is 63.5 cm³/mol. The molecule has 1 aliphatic carbocycles. The smallest absolute Gasteiger partial charge is 0.231 e. The molecule has 1 aromatic carbocycles. The summed E-state index contributed by atoms with van der Waals surface area (Å²) in [6.07, 6.45) is 3.38. The second kappa shape index (κ2) is 4.06. The van der Waals surface area contributed by atoms with Crippen LogP contribution in [0.15, 0.2) is 12.1 Å². The highest BCUT2D eigenvalue weighted by molar-refractivity contribution is 5.79. The summed E-state index contributed by atoms with van der Waals surface area (Å²) >= 11 is 0. The van der Waals surface area contributed by atoms with Gasteiger partial charge < -0.3 is 9.47 Å². The lowest BCUT2D eigenvalue weighted by Gasteiger charge is -2.23. The summed E-state index contributed by atoms with van der Waals surface area (Å²) < 4.78 is 10.8. The van der Waals surface area contributed by atoms with E-state index in [1.807, 2.05) is 6.07 Å². The normalized spacial score (nSPS) is 19.7. The summed E-state index contributed by atoms with van der Waals surface area (Å²) in [5.41, 5.74) is 2.57. The quantitative estimate of drug-likeness (QED) is 0.746. The molecule has 90 valence electrons. The Balaban J connectivity index is 1.90.